The number of benzene rings is 2. The molecule has 0 bridgehead atoms. The normalized spacial score (nSPS) is 11.1. The minimum Gasteiger partial charge on any atom is -0.398 e. The molecule has 0 aliphatic rings. The summed E-state index contributed by atoms with van der Waals surface area (Å²) in [6.45, 7) is 1.86. The molecule has 0 saturated heterocycles. The zero-order chi connectivity index (χ0) is 13.6. The van der Waals surface area contributed by atoms with E-state index in [2.05, 4.69) is 4.98 Å². The first-order chi connectivity index (χ1) is 9.04. The highest BCUT2D eigenvalue weighted by Crippen LogP contribution is 2.35. The first-order valence-electron chi connectivity index (χ1n) is 5.66. The zero-order valence-electron chi connectivity index (χ0n) is 10.1. The lowest BCUT2D eigenvalue weighted by Gasteiger charge is -2.05. The third-order valence-corrected chi connectivity index (χ3v) is 4.30. The van der Waals surface area contributed by atoms with Crippen LogP contribution in [-0.2, 0) is 0 Å². The second-order valence-corrected chi connectivity index (χ2v) is 5.77. The van der Waals surface area contributed by atoms with Crippen molar-refractivity contribution >= 4 is 38.8 Å². The van der Waals surface area contributed by atoms with Gasteiger partial charge in [-0.1, -0.05) is 11.6 Å². The third kappa shape index (κ3) is 2.17. The molecular weight excluding hydrogens is 283 g/mol. The summed E-state index contributed by atoms with van der Waals surface area (Å²) in [5, 5.41) is 1.39. The molecule has 3 rings (SSSR count). The van der Waals surface area contributed by atoms with Crippen LogP contribution in [0.25, 0.3) is 20.8 Å². The van der Waals surface area contributed by atoms with Gasteiger partial charge in [0, 0.05) is 16.3 Å². The Balaban J connectivity index is 2.24. The Hall–Kier alpha value is -1.65. The molecule has 3 aromatic rings. The highest BCUT2D eigenvalue weighted by atomic mass is 35.5. The van der Waals surface area contributed by atoms with Gasteiger partial charge in [0.1, 0.15) is 10.8 Å². The molecule has 0 aliphatic carbocycles. The fourth-order valence-corrected chi connectivity index (χ4v) is 3.12. The van der Waals surface area contributed by atoms with E-state index in [1.807, 2.05) is 19.1 Å². The van der Waals surface area contributed by atoms with Gasteiger partial charge in [0.05, 0.1) is 10.2 Å². The van der Waals surface area contributed by atoms with E-state index in [0.717, 1.165) is 26.4 Å². The van der Waals surface area contributed by atoms with E-state index in [-0.39, 0.29) is 5.82 Å². The number of nitrogens with two attached hydrogens (primary N) is 1. The highest BCUT2D eigenvalue weighted by Gasteiger charge is 2.12. The van der Waals surface area contributed by atoms with Gasteiger partial charge >= 0.3 is 0 Å². The molecule has 96 valence electrons. The second-order valence-electron chi connectivity index (χ2n) is 4.30. The van der Waals surface area contributed by atoms with E-state index in [1.54, 1.807) is 6.07 Å². The Morgan fingerprint density at radius 3 is 2.84 bits per heavy atom. The summed E-state index contributed by atoms with van der Waals surface area (Å²) < 4.78 is 14.5. The van der Waals surface area contributed by atoms with Crippen LogP contribution in [0.4, 0.5) is 10.1 Å². The molecule has 0 spiro atoms. The van der Waals surface area contributed by atoms with Crippen molar-refractivity contribution in [2.24, 2.45) is 0 Å². The molecular formula is C14H10ClFN2S. The quantitative estimate of drug-likeness (QED) is 0.663. The van der Waals surface area contributed by atoms with Gasteiger partial charge in [-0.05, 0) is 42.8 Å². The van der Waals surface area contributed by atoms with Gasteiger partial charge in [-0.25, -0.2) is 9.37 Å². The second kappa shape index (κ2) is 4.47. The number of rotatable bonds is 1. The number of nitrogen functional groups attached to an aromatic ring is 1. The van der Waals surface area contributed by atoms with Crippen molar-refractivity contribution in [3.8, 4) is 10.6 Å². The lowest BCUT2D eigenvalue weighted by Crippen LogP contribution is -1.94. The van der Waals surface area contributed by atoms with Crippen LogP contribution in [0.2, 0.25) is 5.02 Å². The topological polar surface area (TPSA) is 38.9 Å². The summed E-state index contributed by atoms with van der Waals surface area (Å²) in [6, 6.07) is 8.32. The summed E-state index contributed by atoms with van der Waals surface area (Å²) in [7, 11) is 0. The maximum atomic E-state index is 13.5. The number of halogens is 2. The van der Waals surface area contributed by atoms with Crippen molar-refractivity contribution < 1.29 is 4.39 Å². The number of thiazole rings is 1. The van der Waals surface area contributed by atoms with Crippen molar-refractivity contribution in [1.82, 2.24) is 4.98 Å². The van der Waals surface area contributed by atoms with Gasteiger partial charge < -0.3 is 5.73 Å². The summed E-state index contributed by atoms with van der Waals surface area (Å²) in [5.41, 5.74) is 8.62. The summed E-state index contributed by atoms with van der Waals surface area (Å²) in [6.07, 6.45) is 0. The molecule has 5 heteroatoms. The van der Waals surface area contributed by atoms with Crippen LogP contribution >= 0.6 is 22.9 Å². The van der Waals surface area contributed by atoms with Gasteiger partial charge in [0.2, 0.25) is 0 Å². The number of aromatic nitrogens is 1. The molecule has 2 N–H and O–H groups in total. The van der Waals surface area contributed by atoms with Gasteiger partial charge in [-0.2, -0.15) is 0 Å². The van der Waals surface area contributed by atoms with Crippen LogP contribution in [0.1, 0.15) is 5.56 Å². The van der Waals surface area contributed by atoms with Gasteiger partial charge in [0.25, 0.3) is 0 Å². The van der Waals surface area contributed by atoms with Crippen LogP contribution < -0.4 is 5.73 Å². The molecule has 0 unspecified atom stereocenters. The number of hydrogen-bond donors (Lipinski definition) is 1. The van der Waals surface area contributed by atoms with E-state index < -0.39 is 0 Å². The Morgan fingerprint density at radius 1 is 1.26 bits per heavy atom. The average Bonchev–Trinajstić information content (AvgIpc) is 2.76. The Kier molecular flexibility index (Phi) is 2.92. The maximum absolute atomic E-state index is 13.5. The molecule has 0 amide bonds. The predicted molar refractivity (Wildman–Crippen MR) is 79.2 cm³/mol. The van der Waals surface area contributed by atoms with Crippen molar-refractivity contribution in [1.29, 1.82) is 0 Å². The molecule has 0 fully saturated rings. The Bertz CT molecular complexity index is 782. The monoisotopic (exact) mass is 292 g/mol. The van der Waals surface area contributed by atoms with E-state index in [4.69, 9.17) is 17.3 Å². The molecule has 1 aromatic heterocycles. The number of nitrogens with zero attached hydrogens (tertiary/aromatic N) is 1. The van der Waals surface area contributed by atoms with Crippen LogP contribution in [0.3, 0.4) is 0 Å². The summed E-state index contributed by atoms with van der Waals surface area (Å²) in [4.78, 5) is 4.50. The standard InChI is InChI=1S/C14H10ClFN2S/c1-7-10(5-9(16)6-11(7)17)14-18-12-4-8(15)2-3-13(12)19-14/h2-6H,17H2,1H3. The van der Waals surface area contributed by atoms with Crippen molar-refractivity contribution in [3.05, 3.63) is 46.7 Å². The first-order valence-corrected chi connectivity index (χ1v) is 6.86. The van der Waals surface area contributed by atoms with Crippen LogP contribution in [0.15, 0.2) is 30.3 Å². The molecule has 19 heavy (non-hydrogen) atoms. The Morgan fingerprint density at radius 2 is 2.05 bits per heavy atom. The van der Waals surface area contributed by atoms with Crippen LogP contribution in [0, 0.1) is 12.7 Å². The molecule has 2 aromatic carbocycles. The lowest BCUT2D eigenvalue weighted by molar-refractivity contribution is 0.628. The van der Waals surface area contributed by atoms with Crippen LogP contribution in [0.5, 0.6) is 0 Å². The van der Waals surface area contributed by atoms with Gasteiger partial charge in [-0.15, -0.1) is 11.3 Å². The molecule has 0 aliphatic heterocycles. The fourth-order valence-electron chi connectivity index (χ4n) is 1.94. The number of hydrogen-bond acceptors (Lipinski definition) is 3. The largest absolute Gasteiger partial charge is 0.398 e. The van der Waals surface area contributed by atoms with Gasteiger partial charge in [-0.3, -0.25) is 0 Å². The number of fused-ring (bicyclic) bond motifs is 1. The molecule has 0 radical (unpaired) electrons. The van der Waals surface area contributed by atoms with E-state index in [1.165, 1.54) is 23.5 Å². The predicted octanol–water partition coefficient (Wildman–Crippen LogP) is 4.65. The lowest BCUT2D eigenvalue weighted by atomic mass is 10.1. The molecule has 2 nitrogen and oxygen atoms in total. The number of anilines is 1. The van der Waals surface area contributed by atoms with Gasteiger partial charge in [0.15, 0.2) is 0 Å². The minimum absolute atomic E-state index is 0.351. The first kappa shape index (κ1) is 12.4. The SMILES string of the molecule is Cc1c(N)cc(F)cc1-c1nc2cc(Cl)ccc2s1. The average molecular weight is 293 g/mol. The van der Waals surface area contributed by atoms with Crippen molar-refractivity contribution in [2.75, 3.05) is 5.73 Å². The van der Waals surface area contributed by atoms with Crippen molar-refractivity contribution in [2.45, 2.75) is 6.92 Å². The summed E-state index contributed by atoms with van der Waals surface area (Å²) in [5.74, 6) is -0.351. The minimum atomic E-state index is -0.351. The third-order valence-electron chi connectivity index (χ3n) is 2.99. The molecule has 0 atom stereocenters. The van der Waals surface area contributed by atoms with Crippen LogP contribution in [-0.4, -0.2) is 4.98 Å². The van der Waals surface area contributed by atoms with Crippen molar-refractivity contribution in [3.63, 3.8) is 0 Å². The van der Waals surface area contributed by atoms with E-state index >= 15 is 0 Å². The summed E-state index contributed by atoms with van der Waals surface area (Å²) >= 11 is 7.44. The zero-order valence-corrected chi connectivity index (χ0v) is 11.6. The van der Waals surface area contributed by atoms with E-state index in [0.29, 0.717) is 10.7 Å². The molecule has 0 saturated carbocycles. The van der Waals surface area contributed by atoms with E-state index in [9.17, 15) is 4.39 Å². The molecule has 1 heterocycles. The Labute approximate surface area is 118 Å². The smallest absolute Gasteiger partial charge is 0.125 e. The maximum Gasteiger partial charge on any atom is 0.125 e. The fraction of sp³-hybridized carbons (Fsp3) is 0.0714. The highest BCUT2D eigenvalue weighted by molar-refractivity contribution is 7.21.